The van der Waals surface area contributed by atoms with Gasteiger partial charge in [-0.05, 0) is 55.8 Å². The largest absolute Gasteiger partial charge is 0.330 e. The molecule has 0 radical (unpaired) electrons. The van der Waals surface area contributed by atoms with Crippen molar-refractivity contribution in [3.8, 4) is 0 Å². The van der Waals surface area contributed by atoms with Gasteiger partial charge in [0.15, 0.2) is 0 Å². The standard InChI is InChI=1S/C17H26N2/c18-11-9-14-5-1-2-7-16(14)13-19-12-10-15-6-3-4-8-17(15)19/h1-2,5,7,15,17H,3-4,6,8-13,18H2. The first kappa shape index (κ1) is 13.1. The maximum absolute atomic E-state index is 5.73. The first-order valence-electron chi connectivity index (χ1n) is 7.89. The number of nitrogens with zero attached hydrogens (tertiary/aromatic N) is 1. The molecule has 0 aromatic heterocycles. The van der Waals surface area contributed by atoms with Crippen LogP contribution in [-0.2, 0) is 13.0 Å². The Morgan fingerprint density at radius 1 is 1.05 bits per heavy atom. The lowest BCUT2D eigenvalue weighted by Gasteiger charge is -2.32. The van der Waals surface area contributed by atoms with E-state index >= 15 is 0 Å². The summed E-state index contributed by atoms with van der Waals surface area (Å²) in [5.41, 5.74) is 8.68. The Balaban J connectivity index is 1.71. The molecule has 1 saturated carbocycles. The fourth-order valence-corrected chi connectivity index (χ4v) is 4.03. The van der Waals surface area contributed by atoms with E-state index in [2.05, 4.69) is 29.2 Å². The summed E-state index contributed by atoms with van der Waals surface area (Å²) in [5, 5.41) is 0. The lowest BCUT2D eigenvalue weighted by Crippen LogP contribution is -2.34. The topological polar surface area (TPSA) is 29.3 Å². The van der Waals surface area contributed by atoms with E-state index in [1.165, 1.54) is 49.8 Å². The van der Waals surface area contributed by atoms with E-state index in [9.17, 15) is 0 Å². The molecular formula is C17H26N2. The summed E-state index contributed by atoms with van der Waals surface area (Å²) >= 11 is 0. The molecule has 19 heavy (non-hydrogen) atoms. The Bertz CT molecular complexity index is 415. The van der Waals surface area contributed by atoms with Gasteiger partial charge in [-0.1, -0.05) is 37.1 Å². The van der Waals surface area contributed by atoms with Crippen LogP contribution in [0.3, 0.4) is 0 Å². The van der Waals surface area contributed by atoms with Crippen LogP contribution in [0.15, 0.2) is 24.3 Å². The number of hydrogen-bond acceptors (Lipinski definition) is 2. The maximum atomic E-state index is 5.73. The molecule has 2 fully saturated rings. The number of benzene rings is 1. The van der Waals surface area contributed by atoms with Gasteiger partial charge in [0.1, 0.15) is 0 Å². The quantitative estimate of drug-likeness (QED) is 0.899. The van der Waals surface area contributed by atoms with E-state index in [1.807, 2.05) is 0 Å². The molecule has 1 heterocycles. The summed E-state index contributed by atoms with van der Waals surface area (Å²) in [6, 6.07) is 9.71. The van der Waals surface area contributed by atoms with Crippen LogP contribution < -0.4 is 5.73 Å². The minimum atomic E-state index is 0.753. The summed E-state index contributed by atoms with van der Waals surface area (Å²) in [7, 11) is 0. The van der Waals surface area contributed by atoms with Crippen LogP contribution in [0.5, 0.6) is 0 Å². The van der Waals surface area contributed by atoms with Gasteiger partial charge in [-0.2, -0.15) is 0 Å². The molecule has 1 saturated heterocycles. The zero-order chi connectivity index (χ0) is 13.1. The van der Waals surface area contributed by atoms with Crippen LogP contribution in [0.2, 0.25) is 0 Å². The van der Waals surface area contributed by atoms with Gasteiger partial charge in [0, 0.05) is 12.6 Å². The Morgan fingerprint density at radius 2 is 1.84 bits per heavy atom. The molecule has 2 nitrogen and oxygen atoms in total. The fourth-order valence-electron chi connectivity index (χ4n) is 4.03. The molecule has 0 amide bonds. The van der Waals surface area contributed by atoms with E-state index in [1.54, 1.807) is 0 Å². The zero-order valence-electron chi connectivity index (χ0n) is 11.9. The zero-order valence-corrected chi connectivity index (χ0v) is 11.9. The summed E-state index contributed by atoms with van der Waals surface area (Å²) < 4.78 is 0. The molecule has 2 atom stereocenters. The number of fused-ring (bicyclic) bond motifs is 1. The molecule has 3 rings (SSSR count). The summed E-state index contributed by atoms with van der Waals surface area (Å²) in [6.45, 7) is 3.19. The third kappa shape index (κ3) is 2.85. The van der Waals surface area contributed by atoms with Crippen molar-refractivity contribution >= 4 is 0 Å². The predicted molar refractivity (Wildman–Crippen MR) is 80.0 cm³/mol. The Labute approximate surface area is 117 Å². The van der Waals surface area contributed by atoms with E-state index in [0.717, 1.165) is 31.5 Å². The third-order valence-corrected chi connectivity index (χ3v) is 5.03. The second-order valence-electron chi connectivity index (χ2n) is 6.18. The summed E-state index contributed by atoms with van der Waals surface area (Å²) in [6.07, 6.45) is 8.21. The lowest BCUT2D eigenvalue weighted by molar-refractivity contribution is 0.175. The summed E-state index contributed by atoms with van der Waals surface area (Å²) in [4.78, 5) is 2.74. The Hall–Kier alpha value is -0.860. The first-order valence-corrected chi connectivity index (χ1v) is 7.89. The predicted octanol–water partition coefficient (Wildman–Crippen LogP) is 2.95. The van der Waals surface area contributed by atoms with Gasteiger partial charge in [0.05, 0.1) is 0 Å². The molecule has 1 aromatic carbocycles. The molecule has 2 N–H and O–H groups in total. The molecule has 2 aliphatic rings. The molecule has 0 bridgehead atoms. The second-order valence-corrected chi connectivity index (χ2v) is 6.18. The molecular weight excluding hydrogens is 232 g/mol. The number of rotatable bonds is 4. The first-order chi connectivity index (χ1) is 9.38. The average molecular weight is 258 g/mol. The molecule has 0 spiro atoms. The van der Waals surface area contributed by atoms with E-state index < -0.39 is 0 Å². The van der Waals surface area contributed by atoms with Gasteiger partial charge in [-0.15, -0.1) is 0 Å². The smallest absolute Gasteiger partial charge is 0.0239 e. The van der Waals surface area contributed by atoms with Crippen molar-refractivity contribution in [2.24, 2.45) is 11.7 Å². The van der Waals surface area contributed by atoms with Crippen molar-refractivity contribution in [1.82, 2.24) is 4.90 Å². The number of nitrogens with two attached hydrogens (primary N) is 1. The van der Waals surface area contributed by atoms with Gasteiger partial charge in [-0.25, -0.2) is 0 Å². The van der Waals surface area contributed by atoms with Gasteiger partial charge in [-0.3, -0.25) is 4.90 Å². The van der Waals surface area contributed by atoms with E-state index in [-0.39, 0.29) is 0 Å². The van der Waals surface area contributed by atoms with Crippen LogP contribution in [-0.4, -0.2) is 24.0 Å². The highest BCUT2D eigenvalue weighted by molar-refractivity contribution is 5.27. The average Bonchev–Trinajstić information content (AvgIpc) is 2.85. The highest BCUT2D eigenvalue weighted by Gasteiger charge is 2.35. The monoisotopic (exact) mass is 258 g/mol. The SMILES string of the molecule is NCCc1ccccc1CN1CCC2CCCCC21. The second kappa shape index (κ2) is 6.06. The molecule has 2 unspecified atom stereocenters. The maximum Gasteiger partial charge on any atom is 0.0239 e. The van der Waals surface area contributed by atoms with Gasteiger partial charge < -0.3 is 5.73 Å². The van der Waals surface area contributed by atoms with Gasteiger partial charge in [0.25, 0.3) is 0 Å². The Morgan fingerprint density at radius 3 is 2.68 bits per heavy atom. The normalized spacial score (nSPS) is 27.4. The van der Waals surface area contributed by atoms with E-state index in [0.29, 0.717) is 0 Å². The minimum Gasteiger partial charge on any atom is -0.330 e. The van der Waals surface area contributed by atoms with Crippen LogP contribution in [0.25, 0.3) is 0 Å². The van der Waals surface area contributed by atoms with Crippen molar-refractivity contribution in [2.75, 3.05) is 13.1 Å². The molecule has 1 aliphatic heterocycles. The number of likely N-dealkylation sites (tertiary alicyclic amines) is 1. The van der Waals surface area contributed by atoms with Crippen LogP contribution >= 0.6 is 0 Å². The van der Waals surface area contributed by atoms with Crippen molar-refractivity contribution in [3.63, 3.8) is 0 Å². The van der Waals surface area contributed by atoms with Crippen molar-refractivity contribution in [2.45, 2.75) is 51.1 Å². The highest BCUT2D eigenvalue weighted by atomic mass is 15.2. The molecule has 104 valence electrons. The lowest BCUT2D eigenvalue weighted by atomic mass is 9.85. The Kier molecular flexibility index (Phi) is 4.19. The van der Waals surface area contributed by atoms with Crippen LogP contribution in [0.4, 0.5) is 0 Å². The third-order valence-electron chi connectivity index (χ3n) is 5.03. The van der Waals surface area contributed by atoms with Gasteiger partial charge in [0.2, 0.25) is 0 Å². The molecule has 2 heteroatoms. The van der Waals surface area contributed by atoms with Crippen LogP contribution in [0.1, 0.15) is 43.2 Å². The van der Waals surface area contributed by atoms with E-state index in [4.69, 9.17) is 5.73 Å². The van der Waals surface area contributed by atoms with Crippen molar-refractivity contribution in [1.29, 1.82) is 0 Å². The molecule has 1 aliphatic carbocycles. The molecule has 1 aromatic rings. The summed E-state index contributed by atoms with van der Waals surface area (Å²) in [5.74, 6) is 0.982. The van der Waals surface area contributed by atoms with Gasteiger partial charge >= 0.3 is 0 Å². The highest BCUT2D eigenvalue weighted by Crippen LogP contribution is 2.37. The van der Waals surface area contributed by atoms with Crippen LogP contribution in [0, 0.1) is 5.92 Å². The minimum absolute atomic E-state index is 0.753. The van der Waals surface area contributed by atoms with Crippen molar-refractivity contribution < 1.29 is 0 Å². The van der Waals surface area contributed by atoms with Crippen molar-refractivity contribution in [3.05, 3.63) is 35.4 Å². The number of hydrogen-bond donors (Lipinski definition) is 1. The fraction of sp³-hybridized carbons (Fsp3) is 0.647.